The molecule has 1 amide bonds. The van der Waals surface area contributed by atoms with Crippen LogP contribution in [0.1, 0.15) is 30.6 Å². The van der Waals surface area contributed by atoms with E-state index >= 15 is 0 Å². The van der Waals surface area contributed by atoms with Gasteiger partial charge >= 0.3 is 0 Å². The van der Waals surface area contributed by atoms with E-state index in [0.717, 1.165) is 33.9 Å². The van der Waals surface area contributed by atoms with Crippen molar-refractivity contribution >= 4 is 40.1 Å². The van der Waals surface area contributed by atoms with Crippen molar-refractivity contribution in [2.24, 2.45) is 10.1 Å². The normalized spacial score (nSPS) is 16.7. The van der Waals surface area contributed by atoms with Crippen LogP contribution in [-0.2, 0) is 10.5 Å². The lowest BCUT2D eigenvalue weighted by Gasteiger charge is -2.34. The highest BCUT2D eigenvalue weighted by molar-refractivity contribution is 8.13. The first-order valence-corrected chi connectivity index (χ1v) is 12.5. The first-order chi connectivity index (χ1) is 16.6. The van der Waals surface area contributed by atoms with Gasteiger partial charge in [-0.25, -0.2) is 5.01 Å². The molecule has 1 N–H and O–H groups in total. The number of ether oxygens (including phenoxy) is 1. The molecule has 0 saturated heterocycles. The minimum absolute atomic E-state index is 0.201. The van der Waals surface area contributed by atoms with Crippen LogP contribution in [0.2, 0.25) is 5.02 Å². The smallest absolute Gasteiger partial charge is 0.276 e. The van der Waals surface area contributed by atoms with Gasteiger partial charge in [-0.2, -0.15) is 0 Å². The Balaban J connectivity index is 1.55. The zero-order valence-corrected chi connectivity index (χ0v) is 20.1. The summed E-state index contributed by atoms with van der Waals surface area (Å²) in [6.07, 6.45) is 0.377. The second-order valence-corrected chi connectivity index (χ2v) is 9.27. The van der Waals surface area contributed by atoms with Crippen LogP contribution in [0.4, 0.5) is 0 Å². The van der Waals surface area contributed by atoms with Crippen molar-refractivity contribution in [1.29, 1.82) is 0 Å². The summed E-state index contributed by atoms with van der Waals surface area (Å²) < 4.78 is 6.01. The van der Waals surface area contributed by atoms with E-state index in [1.807, 2.05) is 72.8 Å². The fourth-order valence-electron chi connectivity index (χ4n) is 3.86. The van der Waals surface area contributed by atoms with Gasteiger partial charge in [-0.3, -0.25) is 15.1 Å². The number of carbonyl (C=O) groups is 1. The summed E-state index contributed by atoms with van der Waals surface area (Å²) >= 11 is 7.46. The maximum Gasteiger partial charge on any atom is 0.276 e. The SMILES string of the molecule is CCCOc1ccccc1[C@H]1N=c2ccccc2=C2C(=O)NC(SCc3ccc(Cl)cc3)=NN21. The van der Waals surface area contributed by atoms with Crippen molar-refractivity contribution in [2.45, 2.75) is 25.3 Å². The second kappa shape index (κ2) is 9.91. The summed E-state index contributed by atoms with van der Waals surface area (Å²) in [5, 5.41) is 12.2. The lowest BCUT2D eigenvalue weighted by Crippen LogP contribution is -2.50. The van der Waals surface area contributed by atoms with Gasteiger partial charge in [0.05, 0.1) is 12.0 Å². The zero-order valence-electron chi connectivity index (χ0n) is 18.6. The number of fused-ring (bicyclic) bond motifs is 2. The molecule has 0 spiro atoms. The Hall–Kier alpha value is -3.29. The molecule has 0 aliphatic carbocycles. The largest absolute Gasteiger partial charge is 0.493 e. The van der Waals surface area contributed by atoms with Crippen molar-refractivity contribution in [1.82, 2.24) is 10.3 Å². The third kappa shape index (κ3) is 4.54. The molecule has 6 nitrogen and oxygen atoms in total. The average Bonchev–Trinajstić information content (AvgIpc) is 2.86. The fraction of sp³-hybridized carbons (Fsp3) is 0.192. The van der Waals surface area contributed by atoms with E-state index in [-0.39, 0.29) is 5.91 Å². The highest BCUT2D eigenvalue weighted by Crippen LogP contribution is 2.35. The molecular formula is C26H23ClN4O2S. The summed E-state index contributed by atoms with van der Waals surface area (Å²) in [5.41, 5.74) is 2.44. The standard InChI is InChI=1S/C26H23ClN4O2S/c1-2-15-33-22-10-6-4-8-20(22)24-28-21-9-5-3-7-19(21)23-25(32)29-26(30-31(23)24)34-16-17-11-13-18(27)14-12-17/h3-14,24H,2,15-16H2,1H3,(H,29,30,32)/t24-/m0/s1. The Morgan fingerprint density at radius 3 is 2.65 bits per heavy atom. The number of nitrogens with zero attached hydrogens (tertiary/aromatic N) is 3. The van der Waals surface area contributed by atoms with E-state index < -0.39 is 6.17 Å². The fourth-order valence-corrected chi connectivity index (χ4v) is 4.80. The Kier molecular flexibility index (Phi) is 6.56. The van der Waals surface area contributed by atoms with E-state index in [0.29, 0.717) is 28.2 Å². The first-order valence-electron chi connectivity index (χ1n) is 11.1. The van der Waals surface area contributed by atoms with Crippen molar-refractivity contribution in [3.05, 3.63) is 99.5 Å². The number of hydrogen-bond donors (Lipinski definition) is 1. The number of thioether (sulfide) groups is 1. The lowest BCUT2D eigenvalue weighted by atomic mass is 10.1. The molecule has 0 saturated carbocycles. The summed E-state index contributed by atoms with van der Waals surface area (Å²) in [6, 6.07) is 23.1. The molecule has 0 radical (unpaired) electrons. The number of carbonyl (C=O) groups excluding carboxylic acids is 1. The zero-order chi connectivity index (χ0) is 23.5. The lowest BCUT2D eigenvalue weighted by molar-refractivity contribution is -0.116. The number of amides is 1. The summed E-state index contributed by atoms with van der Waals surface area (Å²) in [7, 11) is 0. The Bertz CT molecular complexity index is 1370. The molecule has 0 aromatic heterocycles. The number of hydrogen-bond acceptors (Lipinski definition) is 6. The summed E-state index contributed by atoms with van der Waals surface area (Å²) in [6.45, 7) is 2.67. The molecule has 2 aliphatic rings. The van der Waals surface area contributed by atoms with Crippen LogP contribution >= 0.6 is 23.4 Å². The van der Waals surface area contributed by atoms with Crippen LogP contribution in [0.3, 0.4) is 0 Å². The van der Waals surface area contributed by atoms with Crippen molar-refractivity contribution in [3.8, 4) is 5.75 Å². The van der Waals surface area contributed by atoms with Crippen LogP contribution in [-0.4, -0.2) is 22.7 Å². The van der Waals surface area contributed by atoms with Crippen LogP contribution in [0, 0.1) is 0 Å². The molecule has 3 aromatic carbocycles. The number of amidine groups is 1. The van der Waals surface area contributed by atoms with Crippen molar-refractivity contribution in [3.63, 3.8) is 0 Å². The number of halogens is 1. The number of rotatable bonds is 6. The molecule has 34 heavy (non-hydrogen) atoms. The van der Waals surface area contributed by atoms with Gasteiger partial charge in [-0.05, 0) is 36.2 Å². The summed E-state index contributed by atoms with van der Waals surface area (Å²) in [4.78, 5) is 18.3. The Morgan fingerprint density at radius 2 is 1.82 bits per heavy atom. The van der Waals surface area contributed by atoms with Crippen LogP contribution in [0.25, 0.3) is 5.70 Å². The molecule has 3 aromatic rings. The molecule has 172 valence electrons. The predicted molar refractivity (Wildman–Crippen MR) is 136 cm³/mol. The first kappa shape index (κ1) is 22.5. The van der Waals surface area contributed by atoms with Gasteiger partial charge in [-0.1, -0.05) is 78.8 Å². The van der Waals surface area contributed by atoms with Gasteiger partial charge in [0, 0.05) is 21.6 Å². The molecule has 0 fully saturated rings. The molecular weight excluding hydrogens is 468 g/mol. The molecule has 1 atom stereocenters. The maximum atomic E-state index is 13.3. The van der Waals surface area contributed by atoms with Gasteiger partial charge in [0.25, 0.3) is 5.91 Å². The molecule has 0 unspecified atom stereocenters. The third-order valence-corrected chi connectivity index (χ3v) is 6.65. The molecule has 2 aliphatic heterocycles. The molecule has 8 heteroatoms. The molecule has 0 bridgehead atoms. The highest BCUT2D eigenvalue weighted by atomic mass is 35.5. The highest BCUT2D eigenvalue weighted by Gasteiger charge is 2.35. The minimum Gasteiger partial charge on any atom is -0.493 e. The van der Waals surface area contributed by atoms with Crippen molar-refractivity contribution < 1.29 is 9.53 Å². The number of para-hydroxylation sites is 2. The van der Waals surface area contributed by atoms with E-state index in [2.05, 4.69) is 12.2 Å². The quantitative estimate of drug-likeness (QED) is 0.562. The molecule has 2 heterocycles. The summed E-state index contributed by atoms with van der Waals surface area (Å²) in [5.74, 6) is 1.19. The number of nitrogens with one attached hydrogen (secondary N) is 1. The molecule has 5 rings (SSSR count). The monoisotopic (exact) mass is 490 g/mol. The minimum atomic E-state index is -0.518. The topological polar surface area (TPSA) is 66.3 Å². The number of hydrazone groups is 1. The Morgan fingerprint density at radius 1 is 1.06 bits per heavy atom. The Labute approximate surface area is 207 Å². The maximum absolute atomic E-state index is 13.3. The average molecular weight is 491 g/mol. The third-order valence-electron chi connectivity index (χ3n) is 5.46. The van der Waals surface area contributed by atoms with Crippen LogP contribution in [0.15, 0.2) is 82.9 Å². The van der Waals surface area contributed by atoms with E-state index in [4.69, 9.17) is 26.4 Å². The van der Waals surface area contributed by atoms with Crippen LogP contribution < -0.4 is 20.6 Å². The van der Waals surface area contributed by atoms with E-state index in [9.17, 15) is 4.79 Å². The van der Waals surface area contributed by atoms with Gasteiger partial charge in [-0.15, -0.1) is 5.10 Å². The van der Waals surface area contributed by atoms with Gasteiger partial charge < -0.3 is 4.74 Å². The second-order valence-electron chi connectivity index (χ2n) is 7.87. The van der Waals surface area contributed by atoms with Crippen molar-refractivity contribution in [2.75, 3.05) is 6.61 Å². The van der Waals surface area contributed by atoms with Gasteiger partial charge in [0.1, 0.15) is 11.4 Å². The van der Waals surface area contributed by atoms with E-state index in [1.165, 1.54) is 11.8 Å². The van der Waals surface area contributed by atoms with E-state index in [1.54, 1.807) is 5.01 Å². The van der Waals surface area contributed by atoms with Gasteiger partial charge in [0.15, 0.2) is 11.3 Å². The predicted octanol–water partition coefficient (Wildman–Crippen LogP) is 4.21. The van der Waals surface area contributed by atoms with Gasteiger partial charge in [0.2, 0.25) is 0 Å². The van der Waals surface area contributed by atoms with Crippen LogP contribution in [0.5, 0.6) is 5.75 Å². The number of benzene rings is 3.